The molecule has 0 bridgehead atoms. The van der Waals surface area contributed by atoms with E-state index in [1.54, 1.807) is 16.9 Å². The second-order valence-corrected chi connectivity index (χ2v) is 3.89. The smallest absolute Gasteiger partial charge is 0.199 e. The van der Waals surface area contributed by atoms with Crippen LogP contribution < -0.4 is 10.2 Å². The van der Waals surface area contributed by atoms with E-state index >= 15 is 0 Å². The van der Waals surface area contributed by atoms with Gasteiger partial charge in [-0.3, -0.25) is 4.98 Å². The van der Waals surface area contributed by atoms with E-state index in [4.69, 9.17) is 0 Å². The molecule has 0 amide bonds. The van der Waals surface area contributed by atoms with E-state index < -0.39 is 0 Å². The molecule has 0 radical (unpaired) electrons. The van der Waals surface area contributed by atoms with Gasteiger partial charge in [-0.15, -0.1) is 5.10 Å². The molecule has 0 saturated heterocycles. The molecule has 0 saturated carbocycles. The highest BCUT2D eigenvalue weighted by atomic mass is 15.5. The monoisotopic (exact) mass is 235 g/mol. The minimum Gasteiger partial charge on any atom is -0.357 e. The molecular weight excluding hydrogens is 218 g/mol. The predicted molar refractivity (Wildman–Crippen MR) is 65.0 cm³/mol. The number of fused-ring (bicyclic) bond motifs is 1. The van der Waals surface area contributed by atoms with Gasteiger partial charge in [0.2, 0.25) is 0 Å². The molecule has 0 aliphatic heterocycles. The van der Waals surface area contributed by atoms with E-state index in [0.29, 0.717) is 5.65 Å². The zero-order chi connectivity index (χ0) is 12.1. The summed E-state index contributed by atoms with van der Waals surface area (Å²) < 4.78 is 1.69. The van der Waals surface area contributed by atoms with Gasteiger partial charge in [-0.1, -0.05) is 6.92 Å². The lowest BCUT2D eigenvalue weighted by atomic mass is 10.4. The lowest BCUT2D eigenvalue weighted by Crippen LogP contribution is -2.30. The van der Waals surface area contributed by atoms with Gasteiger partial charge in [-0.05, 0) is 23.4 Å². The molecular formula is C10H17N7. The Labute approximate surface area is 99.8 Å². The fraction of sp³-hybridized carbons (Fsp3) is 0.600. The van der Waals surface area contributed by atoms with Crippen LogP contribution in [-0.2, 0) is 0 Å². The molecule has 1 N–H and O–H groups in total. The van der Waals surface area contributed by atoms with Crippen molar-refractivity contribution in [2.75, 3.05) is 31.6 Å². The Morgan fingerprint density at radius 1 is 1.35 bits per heavy atom. The van der Waals surface area contributed by atoms with Gasteiger partial charge in [-0.25, -0.2) is 0 Å². The average molecular weight is 235 g/mol. The summed E-state index contributed by atoms with van der Waals surface area (Å²) >= 11 is 0. The summed E-state index contributed by atoms with van der Waals surface area (Å²) in [6.07, 6.45) is 4.56. The summed E-state index contributed by atoms with van der Waals surface area (Å²) in [7, 11) is 2.01. The Hall–Kier alpha value is -1.76. The quantitative estimate of drug-likeness (QED) is 0.708. The maximum atomic E-state index is 4.13. The molecule has 92 valence electrons. The van der Waals surface area contributed by atoms with Crippen molar-refractivity contribution in [2.45, 2.75) is 13.3 Å². The Morgan fingerprint density at radius 3 is 3.06 bits per heavy atom. The first kappa shape index (κ1) is 11.7. The average Bonchev–Trinajstić information content (AvgIpc) is 2.82. The zero-order valence-corrected chi connectivity index (χ0v) is 10.2. The lowest BCUT2D eigenvalue weighted by molar-refractivity contribution is 0.659. The van der Waals surface area contributed by atoms with Crippen molar-refractivity contribution in [1.82, 2.24) is 30.3 Å². The van der Waals surface area contributed by atoms with Crippen molar-refractivity contribution in [2.24, 2.45) is 0 Å². The van der Waals surface area contributed by atoms with Gasteiger partial charge in [0.1, 0.15) is 0 Å². The standard InChI is InChI=1S/C10H17N7/c1-3-4-11-5-6-16(2)10-8-12-7-9-13-14-15-17(9)10/h7-8,11H,3-6H2,1-2H3. The van der Waals surface area contributed by atoms with Crippen molar-refractivity contribution in [3.05, 3.63) is 12.4 Å². The highest BCUT2D eigenvalue weighted by Crippen LogP contribution is 2.09. The largest absolute Gasteiger partial charge is 0.357 e. The summed E-state index contributed by atoms with van der Waals surface area (Å²) in [5.41, 5.74) is 0.663. The van der Waals surface area contributed by atoms with E-state index in [1.807, 2.05) is 7.05 Å². The third kappa shape index (κ3) is 2.68. The number of hydrogen-bond donors (Lipinski definition) is 1. The van der Waals surface area contributed by atoms with Gasteiger partial charge in [0.25, 0.3) is 0 Å². The number of nitrogens with zero attached hydrogens (tertiary/aromatic N) is 6. The number of tetrazole rings is 1. The molecule has 0 unspecified atom stereocenters. The first-order chi connectivity index (χ1) is 8.33. The lowest BCUT2D eigenvalue weighted by Gasteiger charge is -2.18. The van der Waals surface area contributed by atoms with Crippen LogP contribution in [0.4, 0.5) is 5.82 Å². The van der Waals surface area contributed by atoms with E-state index in [2.05, 4.69) is 37.6 Å². The molecule has 0 atom stereocenters. The number of hydrogen-bond acceptors (Lipinski definition) is 6. The fourth-order valence-corrected chi connectivity index (χ4v) is 1.59. The Bertz CT molecular complexity index is 466. The van der Waals surface area contributed by atoms with Crippen LogP contribution in [0.25, 0.3) is 5.65 Å². The molecule has 17 heavy (non-hydrogen) atoms. The molecule has 0 aliphatic carbocycles. The summed E-state index contributed by atoms with van der Waals surface area (Å²) in [4.78, 5) is 6.21. The van der Waals surface area contributed by atoms with Crippen molar-refractivity contribution in [1.29, 1.82) is 0 Å². The third-order valence-corrected chi connectivity index (χ3v) is 2.53. The molecule has 2 rings (SSSR count). The molecule has 0 spiro atoms. The van der Waals surface area contributed by atoms with Crippen LogP contribution in [0.5, 0.6) is 0 Å². The van der Waals surface area contributed by atoms with Crippen LogP contribution in [-0.4, -0.2) is 51.7 Å². The van der Waals surface area contributed by atoms with Crippen LogP contribution in [0.15, 0.2) is 12.4 Å². The molecule has 7 heteroatoms. The molecule has 2 aromatic rings. The molecule has 0 fully saturated rings. The van der Waals surface area contributed by atoms with Crippen LogP contribution in [0, 0.1) is 0 Å². The van der Waals surface area contributed by atoms with Gasteiger partial charge in [0, 0.05) is 20.1 Å². The maximum absolute atomic E-state index is 4.13. The van der Waals surface area contributed by atoms with Crippen molar-refractivity contribution in [3.63, 3.8) is 0 Å². The summed E-state index contributed by atoms with van der Waals surface area (Å²) in [6, 6.07) is 0. The number of aromatic nitrogens is 5. The van der Waals surface area contributed by atoms with Crippen LogP contribution in [0.1, 0.15) is 13.3 Å². The number of likely N-dealkylation sites (N-methyl/N-ethyl adjacent to an activating group) is 1. The second-order valence-electron chi connectivity index (χ2n) is 3.89. The van der Waals surface area contributed by atoms with Crippen molar-refractivity contribution in [3.8, 4) is 0 Å². The molecule has 7 nitrogen and oxygen atoms in total. The van der Waals surface area contributed by atoms with E-state index in [0.717, 1.165) is 31.9 Å². The van der Waals surface area contributed by atoms with Gasteiger partial charge in [0.15, 0.2) is 11.5 Å². The van der Waals surface area contributed by atoms with E-state index in [9.17, 15) is 0 Å². The van der Waals surface area contributed by atoms with Crippen LogP contribution >= 0.6 is 0 Å². The van der Waals surface area contributed by atoms with Crippen LogP contribution in [0.2, 0.25) is 0 Å². The molecule has 0 aliphatic rings. The SMILES string of the molecule is CCCNCCN(C)c1cncc2nnnn12. The fourth-order valence-electron chi connectivity index (χ4n) is 1.59. The molecule has 2 heterocycles. The number of nitrogens with one attached hydrogen (secondary N) is 1. The summed E-state index contributed by atoms with van der Waals surface area (Å²) in [6.45, 7) is 5.02. The number of anilines is 1. The summed E-state index contributed by atoms with van der Waals surface area (Å²) in [5, 5.41) is 14.8. The van der Waals surface area contributed by atoms with Gasteiger partial charge in [0.05, 0.1) is 12.4 Å². The predicted octanol–water partition coefficient (Wildman–Crippen LogP) is -0.0449. The maximum Gasteiger partial charge on any atom is 0.199 e. The first-order valence-corrected chi connectivity index (χ1v) is 5.77. The number of rotatable bonds is 6. The Morgan fingerprint density at radius 2 is 2.24 bits per heavy atom. The normalized spacial score (nSPS) is 10.9. The Balaban J connectivity index is 2.03. The topological polar surface area (TPSA) is 71.2 Å². The minimum absolute atomic E-state index is 0.663. The Kier molecular flexibility index (Phi) is 3.81. The zero-order valence-electron chi connectivity index (χ0n) is 10.2. The van der Waals surface area contributed by atoms with Gasteiger partial charge >= 0.3 is 0 Å². The highest BCUT2D eigenvalue weighted by molar-refractivity contribution is 5.45. The van der Waals surface area contributed by atoms with Crippen LogP contribution in [0.3, 0.4) is 0 Å². The second kappa shape index (κ2) is 5.53. The highest BCUT2D eigenvalue weighted by Gasteiger charge is 2.07. The van der Waals surface area contributed by atoms with Crippen molar-refractivity contribution < 1.29 is 0 Å². The van der Waals surface area contributed by atoms with E-state index in [-0.39, 0.29) is 0 Å². The van der Waals surface area contributed by atoms with E-state index in [1.165, 1.54) is 0 Å². The molecule has 0 aromatic carbocycles. The van der Waals surface area contributed by atoms with Crippen molar-refractivity contribution >= 4 is 11.5 Å². The first-order valence-electron chi connectivity index (χ1n) is 5.77. The third-order valence-electron chi connectivity index (χ3n) is 2.53. The van der Waals surface area contributed by atoms with Gasteiger partial charge < -0.3 is 10.2 Å². The summed E-state index contributed by atoms with van der Waals surface area (Å²) in [5.74, 6) is 0.894. The minimum atomic E-state index is 0.663. The molecule has 2 aromatic heterocycles. The van der Waals surface area contributed by atoms with Gasteiger partial charge in [-0.2, -0.15) is 4.52 Å².